The largest absolute Gasteiger partial charge is 0.494 e. The fraction of sp³-hybridized carbons (Fsp3) is 0.538. The Hall–Kier alpha value is -1.09. The van der Waals surface area contributed by atoms with Crippen LogP contribution in [-0.4, -0.2) is 13.2 Å². The molecule has 1 atom stereocenters. The molecule has 0 radical (unpaired) electrons. The smallest absolute Gasteiger partial charge is 0.168 e. The zero-order valence-corrected chi connectivity index (χ0v) is 10.0. The van der Waals surface area contributed by atoms with Gasteiger partial charge in [0.1, 0.15) is 0 Å². The van der Waals surface area contributed by atoms with E-state index in [1.807, 2.05) is 19.9 Å². The SMILES string of the molecule is COc1cc(C)cc(C2(C(C)N)CC2)c1F. The highest BCUT2D eigenvalue weighted by molar-refractivity contribution is 5.43. The molecule has 0 aromatic heterocycles. The standard InChI is InChI=1S/C13H18FNO/c1-8-6-10(12(14)11(7-8)16-3)13(4-5-13)9(2)15/h6-7,9H,4-5,15H2,1-3H3. The van der Waals surface area contributed by atoms with Crippen LogP contribution in [0.5, 0.6) is 5.75 Å². The van der Waals surface area contributed by atoms with Gasteiger partial charge in [-0.15, -0.1) is 0 Å². The summed E-state index contributed by atoms with van der Waals surface area (Å²) in [7, 11) is 1.49. The van der Waals surface area contributed by atoms with Crippen molar-refractivity contribution in [2.75, 3.05) is 7.11 Å². The van der Waals surface area contributed by atoms with Crippen LogP contribution in [0.15, 0.2) is 12.1 Å². The van der Waals surface area contributed by atoms with E-state index in [-0.39, 0.29) is 17.3 Å². The molecule has 88 valence electrons. The van der Waals surface area contributed by atoms with Crippen molar-refractivity contribution in [2.24, 2.45) is 5.73 Å². The first kappa shape index (κ1) is 11.4. The van der Waals surface area contributed by atoms with E-state index < -0.39 is 0 Å². The lowest BCUT2D eigenvalue weighted by atomic mass is 9.88. The molecule has 1 fully saturated rings. The molecule has 0 bridgehead atoms. The summed E-state index contributed by atoms with van der Waals surface area (Å²) in [6, 6.07) is 3.60. The maximum atomic E-state index is 14.2. The molecule has 1 aromatic carbocycles. The lowest BCUT2D eigenvalue weighted by Crippen LogP contribution is -2.32. The summed E-state index contributed by atoms with van der Waals surface area (Å²) < 4.78 is 19.2. The molecule has 3 heteroatoms. The average molecular weight is 223 g/mol. The minimum absolute atomic E-state index is 0.0199. The van der Waals surface area contributed by atoms with E-state index in [9.17, 15) is 4.39 Å². The Balaban J connectivity index is 2.53. The third-order valence-electron chi connectivity index (χ3n) is 3.60. The normalized spacial score (nSPS) is 19.3. The van der Waals surface area contributed by atoms with Gasteiger partial charge in [0, 0.05) is 11.5 Å². The summed E-state index contributed by atoms with van der Waals surface area (Å²) in [6.07, 6.45) is 1.93. The van der Waals surface area contributed by atoms with Gasteiger partial charge >= 0.3 is 0 Å². The summed E-state index contributed by atoms with van der Waals surface area (Å²) in [4.78, 5) is 0. The molecule has 1 aliphatic carbocycles. The highest BCUT2D eigenvalue weighted by Gasteiger charge is 2.49. The van der Waals surface area contributed by atoms with Gasteiger partial charge in [-0.05, 0) is 43.9 Å². The van der Waals surface area contributed by atoms with E-state index in [0.717, 1.165) is 24.0 Å². The van der Waals surface area contributed by atoms with Gasteiger partial charge in [0.05, 0.1) is 7.11 Å². The number of hydrogen-bond donors (Lipinski definition) is 1. The van der Waals surface area contributed by atoms with Crippen LogP contribution in [0.2, 0.25) is 0 Å². The van der Waals surface area contributed by atoms with Crippen LogP contribution in [-0.2, 0) is 5.41 Å². The van der Waals surface area contributed by atoms with Crippen LogP contribution in [0.1, 0.15) is 30.9 Å². The highest BCUT2D eigenvalue weighted by Crippen LogP contribution is 2.52. The zero-order valence-electron chi connectivity index (χ0n) is 10.0. The zero-order chi connectivity index (χ0) is 11.9. The average Bonchev–Trinajstić information content (AvgIpc) is 3.02. The van der Waals surface area contributed by atoms with Crippen LogP contribution < -0.4 is 10.5 Å². The molecule has 2 nitrogen and oxygen atoms in total. The second kappa shape index (κ2) is 3.74. The van der Waals surface area contributed by atoms with Crippen molar-refractivity contribution in [1.29, 1.82) is 0 Å². The van der Waals surface area contributed by atoms with Crippen molar-refractivity contribution >= 4 is 0 Å². The fourth-order valence-electron chi connectivity index (χ4n) is 2.35. The van der Waals surface area contributed by atoms with E-state index in [1.54, 1.807) is 6.07 Å². The molecule has 1 aliphatic rings. The Kier molecular flexibility index (Phi) is 2.66. The van der Waals surface area contributed by atoms with E-state index >= 15 is 0 Å². The quantitative estimate of drug-likeness (QED) is 0.854. The van der Waals surface area contributed by atoms with Crippen LogP contribution in [0.4, 0.5) is 4.39 Å². The molecule has 1 saturated carbocycles. The van der Waals surface area contributed by atoms with Crippen LogP contribution in [0, 0.1) is 12.7 Å². The van der Waals surface area contributed by atoms with Gasteiger partial charge < -0.3 is 10.5 Å². The van der Waals surface area contributed by atoms with Crippen molar-refractivity contribution in [3.05, 3.63) is 29.1 Å². The van der Waals surface area contributed by atoms with Crippen molar-refractivity contribution < 1.29 is 9.13 Å². The Morgan fingerprint density at radius 3 is 2.50 bits per heavy atom. The number of halogens is 1. The molecule has 0 saturated heterocycles. The summed E-state index contributed by atoms with van der Waals surface area (Å²) in [6.45, 7) is 3.89. The maximum Gasteiger partial charge on any atom is 0.168 e. The van der Waals surface area contributed by atoms with Gasteiger partial charge in [-0.1, -0.05) is 6.07 Å². The first-order valence-electron chi connectivity index (χ1n) is 5.61. The summed E-state index contributed by atoms with van der Waals surface area (Å²) in [5.41, 5.74) is 7.54. The molecule has 2 rings (SSSR count). The maximum absolute atomic E-state index is 14.2. The number of methoxy groups -OCH3 is 1. The molecule has 1 aromatic rings. The number of aryl methyl sites for hydroxylation is 1. The molecule has 0 heterocycles. The molecule has 0 amide bonds. The molecule has 0 spiro atoms. The van der Waals surface area contributed by atoms with E-state index in [1.165, 1.54) is 7.11 Å². The van der Waals surface area contributed by atoms with Gasteiger partial charge in [0.2, 0.25) is 0 Å². The van der Waals surface area contributed by atoms with E-state index in [2.05, 4.69) is 0 Å². The molecule has 0 aliphatic heterocycles. The second-order valence-electron chi connectivity index (χ2n) is 4.77. The van der Waals surface area contributed by atoms with Gasteiger partial charge in [-0.3, -0.25) is 0 Å². The highest BCUT2D eigenvalue weighted by atomic mass is 19.1. The molecule has 16 heavy (non-hydrogen) atoms. The minimum atomic E-state index is -0.247. The first-order valence-corrected chi connectivity index (χ1v) is 5.61. The monoisotopic (exact) mass is 223 g/mol. The second-order valence-corrected chi connectivity index (χ2v) is 4.77. The van der Waals surface area contributed by atoms with Crippen molar-refractivity contribution in [2.45, 2.75) is 38.1 Å². The summed E-state index contributed by atoms with van der Waals surface area (Å²) in [5.74, 6) is 0.0739. The lowest BCUT2D eigenvalue weighted by Gasteiger charge is -2.22. The first-order chi connectivity index (χ1) is 7.51. The third-order valence-corrected chi connectivity index (χ3v) is 3.60. The Morgan fingerprint density at radius 1 is 1.44 bits per heavy atom. The number of rotatable bonds is 3. The predicted molar refractivity (Wildman–Crippen MR) is 62.3 cm³/mol. The summed E-state index contributed by atoms with van der Waals surface area (Å²) in [5, 5.41) is 0. The molecule has 2 N–H and O–H groups in total. The number of nitrogens with two attached hydrogens (primary N) is 1. The van der Waals surface area contributed by atoms with Gasteiger partial charge in [0.25, 0.3) is 0 Å². The van der Waals surface area contributed by atoms with Crippen molar-refractivity contribution in [1.82, 2.24) is 0 Å². The van der Waals surface area contributed by atoms with Crippen LogP contribution >= 0.6 is 0 Å². The van der Waals surface area contributed by atoms with E-state index in [4.69, 9.17) is 10.5 Å². The number of hydrogen-bond acceptors (Lipinski definition) is 2. The number of ether oxygens (including phenoxy) is 1. The van der Waals surface area contributed by atoms with Crippen LogP contribution in [0.3, 0.4) is 0 Å². The molecule has 1 unspecified atom stereocenters. The third kappa shape index (κ3) is 1.59. The van der Waals surface area contributed by atoms with Crippen molar-refractivity contribution in [3.8, 4) is 5.75 Å². The van der Waals surface area contributed by atoms with Crippen molar-refractivity contribution in [3.63, 3.8) is 0 Å². The molecular weight excluding hydrogens is 205 g/mol. The lowest BCUT2D eigenvalue weighted by molar-refractivity contribution is 0.378. The minimum Gasteiger partial charge on any atom is -0.494 e. The Labute approximate surface area is 95.6 Å². The molecular formula is C13H18FNO. The van der Waals surface area contributed by atoms with Crippen LogP contribution in [0.25, 0.3) is 0 Å². The van der Waals surface area contributed by atoms with E-state index in [0.29, 0.717) is 5.75 Å². The number of benzene rings is 1. The van der Waals surface area contributed by atoms with Gasteiger partial charge in [-0.25, -0.2) is 4.39 Å². The van der Waals surface area contributed by atoms with Gasteiger partial charge in [-0.2, -0.15) is 0 Å². The topological polar surface area (TPSA) is 35.2 Å². The Bertz CT molecular complexity index is 411. The predicted octanol–water partition coefficient (Wildman–Crippen LogP) is 2.52. The van der Waals surface area contributed by atoms with Gasteiger partial charge in [0.15, 0.2) is 11.6 Å². The fourth-order valence-corrected chi connectivity index (χ4v) is 2.35. The Morgan fingerprint density at radius 2 is 2.06 bits per heavy atom. The summed E-state index contributed by atoms with van der Waals surface area (Å²) >= 11 is 0.